The van der Waals surface area contributed by atoms with E-state index in [4.69, 9.17) is 5.11 Å². The Balaban J connectivity index is 2.61. The fourth-order valence-corrected chi connectivity index (χ4v) is 2.01. The predicted molar refractivity (Wildman–Crippen MR) is 87.3 cm³/mol. The Morgan fingerprint density at radius 2 is 1.31 bits per heavy atom. The molecule has 0 radical (unpaired) electrons. The summed E-state index contributed by atoms with van der Waals surface area (Å²) in [6, 6.07) is 8.29. The Hall–Kier alpha value is -1.83. The molecule has 1 aromatic carbocycles. The summed E-state index contributed by atoms with van der Waals surface area (Å²) in [5.41, 5.74) is 4.99. The molecule has 11 nitrogen and oxygen atoms in total. The number of amides is 1. The third kappa shape index (κ3) is 5.86. The summed E-state index contributed by atoms with van der Waals surface area (Å²) in [6.45, 7) is -0.931. The maximum atomic E-state index is 11.8. The molecule has 0 fully saturated rings. The van der Waals surface area contributed by atoms with Crippen LogP contribution < -0.4 is 10.9 Å². The molecule has 10 N–H and O–H groups in total. The van der Waals surface area contributed by atoms with E-state index in [9.17, 15) is 40.5 Å². The normalized spacial score (nSPS) is 19.5. The molecule has 11 heteroatoms. The molecule has 0 saturated heterocycles. The van der Waals surface area contributed by atoms with Crippen molar-refractivity contribution in [1.29, 1.82) is 0 Å². The van der Waals surface area contributed by atoms with Crippen molar-refractivity contribution in [3.63, 3.8) is 0 Å². The number of hydrogen-bond donors (Lipinski definition) is 10. The van der Waals surface area contributed by atoms with Crippen LogP contribution in [0, 0.1) is 0 Å². The van der Waals surface area contributed by atoms with Crippen LogP contribution in [0.5, 0.6) is 0 Å². The van der Waals surface area contributed by atoms with Gasteiger partial charge in [-0.2, -0.15) is 0 Å². The molecular weight excluding hydrogens is 352 g/mol. The van der Waals surface area contributed by atoms with E-state index >= 15 is 0 Å². The second kappa shape index (κ2) is 10.4. The van der Waals surface area contributed by atoms with E-state index in [-0.39, 0.29) is 0 Å². The number of anilines is 1. The summed E-state index contributed by atoms with van der Waals surface area (Å²) in [5, 5.41) is 76.1. The van der Waals surface area contributed by atoms with Crippen molar-refractivity contribution in [2.75, 3.05) is 12.0 Å². The number of para-hydroxylation sites is 1. The molecule has 0 aromatic heterocycles. The van der Waals surface area contributed by atoms with Crippen LogP contribution in [0.4, 0.5) is 5.69 Å². The van der Waals surface area contributed by atoms with E-state index in [0.717, 1.165) is 0 Å². The third-order valence-electron chi connectivity index (χ3n) is 3.68. The van der Waals surface area contributed by atoms with Crippen molar-refractivity contribution in [3.8, 4) is 0 Å². The van der Waals surface area contributed by atoms with Crippen LogP contribution in [0.25, 0.3) is 0 Å². The molecule has 7 atom stereocenters. The smallest absolute Gasteiger partial charge is 0.269 e. The summed E-state index contributed by atoms with van der Waals surface area (Å²) in [7, 11) is 0. The lowest BCUT2D eigenvalue weighted by molar-refractivity contribution is -0.174. The highest BCUT2D eigenvalue weighted by atomic mass is 16.4. The topological polar surface area (TPSA) is 203 Å². The molecule has 1 rings (SSSR count). The number of aliphatic hydroxyl groups excluding tert-OH is 8. The predicted octanol–water partition coefficient (Wildman–Crippen LogP) is -4.35. The Bertz CT molecular complexity index is 547. The molecule has 148 valence electrons. The molecule has 0 spiro atoms. The SMILES string of the molecule is O=C(NNc1ccccc1)[C@@H](O)[C@H](O)[C@H](O)[C@H](O)[C@H](O)[C@H](O)[C@H](O)CO. The molecule has 0 aliphatic heterocycles. The molecule has 0 aliphatic rings. The average Bonchev–Trinajstić information content (AvgIpc) is 2.68. The van der Waals surface area contributed by atoms with Crippen LogP contribution in [0.15, 0.2) is 30.3 Å². The van der Waals surface area contributed by atoms with Crippen molar-refractivity contribution >= 4 is 11.6 Å². The van der Waals surface area contributed by atoms with E-state index in [0.29, 0.717) is 5.69 Å². The number of carbonyl (C=O) groups excluding carboxylic acids is 1. The summed E-state index contributed by atoms with van der Waals surface area (Å²) in [4.78, 5) is 11.8. The van der Waals surface area contributed by atoms with E-state index in [1.165, 1.54) is 0 Å². The second-order valence-electron chi connectivity index (χ2n) is 5.63. The first-order chi connectivity index (χ1) is 12.2. The van der Waals surface area contributed by atoms with Crippen LogP contribution in [-0.4, -0.2) is 96.1 Å². The van der Waals surface area contributed by atoms with Gasteiger partial charge in [-0.1, -0.05) is 18.2 Å². The van der Waals surface area contributed by atoms with Crippen LogP contribution in [0.1, 0.15) is 0 Å². The van der Waals surface area contributed by atoms with Gasteiger partial charge in [0.15, 0.2) is 6.10 Å². The van der Waals surface area contributed by atoms with Crippen molar-refractivity contribution in [2.45, 2.75) is 42.7 Å². The molecule has 0 aliphatic carbocycles. The molecule has 1 amide bonds. The fraction of sp³-hybridized carbons (Fsp3) is 0.533. The summed E-state index contributed by atoms with van der Waals surface area (Å²) >= 11 is 0. The number of hydrazine groups is 1. The monoisotopic (exact) mass is 376 g/mol. The number of aliphatic hydroxyl groups is 8. The lowest BCUT2D eigenvalue weighted by Crippen LogP contribution is -2.57. The van der Waals surface area contributed by atoms with Crippen LogP contribution >= 0.6 is 0 Å². The minimum Gasteiger partial charge on any atom is -0.394 e. The van der Waals surface area contributed by atoms with Crippen molar-refractivity contribution in [2.24, 2.45) is 0 Å². The quantitative estimate of drug-likeness (QED) is 0.178. The van der Waals surface area contributed by atoms with Gasteiger partial charge in [-0.05, 0) is 12.1 Å². The highest BCUT2D eigenvalue weighted by Gasteiger charge is 2.40. The largest absolute Gasteiger partial charge is 0.394 e. The van der Waals surface area contributed by atoms with Gasteiger partial charge in [0.05, 0.1) is 12.3 Å². The molecule has 0 bridgehead atoms. The van der Waals surface area contributed by atoms with E-state index < -0.39 is 55.2 Å². The summed E-state index contributed by atoms with van der Waals surface area (Å²) < 4.78 is 0. The van der Waals surface area contributed by atoms with Crippen LogP contribution in [-0.2, 0) is 4.79 Å². The first-order valence-electron chi connectivity index (χ1n) is 7.69. The number of benzene rings is 1. The lowest BCUT2D eigenvalue weighted by Gasteiger charge is -2.31. The Morgan fingerprint density at radius 1 is 0.808 bits per heavy atom. The molecular formula is C15H24N2O9. The van der Waals surface area contributed by atoms with Gasteiger partial charge >= 0.3 is 0 Å². The van der Waals surface area contributed by atoms with E-state index in [1.807, 2.05) is 0 Å². The zero-order valence-electron chi connectivity index (χ0n) is 13.6. The van der Waals surface area contributed by atoms with Gasteiger partial charge in [0.25, 0.3) is 5.91 Å². The van der Waals surface area contributed by atoms with Crippen LogP contribution in [0.2, 0.25) is 0 Å². The molecule has 26 heavy (non-hydrogen) atoms. The van der Waals surface area contributed by atoms with Crippen molar-refractivity contribution in [1.82, 2.24) is 5.43 Å². The van der Waals surface area contributed by atoms with Gasteiger partial charge < -0.3 is 40.9 Å². The van der Waals surface area contributed by atoms with Gasteiger partial charge in [0.1, 0.15) is 36.6 Å². The Kier molecular flexibility index (Phi) is 8.84. The molecule has 0 unspecified atom stereocenters. The highest BCUT2D eigenvalue weighted by molar-refractivity contribution is 5.82. The first-order valence-corrected chi connectivity index (χ1v) is 7.69. The van der Waals surface area contributed by atoms with Gasteiger partial charge in [-0.3, -0.25) is 15.6 Å². The minimum atomic E-state index is -2.25. The molecule has 0 heterocycles. The van der Waals surface area contributed by atoms with E-state index in [2.05, 4.69) is 10.9 Å². The first kappa shape index (κ1) is 22.2. The highest BCUT2D eigenvalue weighted by Crippen LogP contribution is 2.13. The zero-order chi connectivity index (χ0) is 19.9. The third-order valence-corrected chi connectivity index (χ3v) is 3.68. The second-order valence-corrected chi connectivity index (χ2v) is 5.63. The van der Waals surface area contributed by atoms with Gasteiger partial charge in [0, 0.05) is 0 Å². The number of carbonyl (C=O) groups is 1. The van der Waals surface area contributed by atoms with Gasteiger partial charge in [-0.25, -0.2) is 0 Å². The van der Waals surface area contributed by atoms with Gasteiger partial charge in [-0.15, -0.1) is 0 Å². The maximum Gasteiger partial charge on any atom is 0.269 e. The van der Waals surface area contributed by atoms with Crippen molar-refractivity contribution < 1.29 is 45.6 Å². The Labute approximate surface area is 148 Å². The maximum absolute atomic E-state index is 11.8. The zero-order valence-corrected chi connectivity index (χ0v) is 13.6. The molecule has 0 saturated carbocycles. The number of hydrogen-bond acceptors (Lipinski definition) is 10. The Morgan fingerprint density at radius 3 is 1.85 bits per heavy atom. The number of rotatable bonds is 10. The van der Waals surface area contributed by atoms with Crippen LogP contribution in [0.3, 0.4) is 0 Å². The minimum absolute atomic E-state index is 0.472. The summed E-state index contributed by atoms with van der Waals surface area (Å²) in [5.74, 6) is -1.14. The number of nitrogens with one attached hydrogen (secondary N) is 2. The summed E-state index contributed by atoms with van der Waals surface area (Å²) in [6.07, 6.45) is -14.9. The average molecular weight is 376 g/mol. The van der Waals surface area contributed by atoms with Gasteiger partial charge in [0.2, 0.25) is 0 Å². The fourth-order valence-electron chi connectivity index (χ4n) is 2.01. The molecule has 1 aromatic rings. The van der Waals surface area contributed by atoms with E-state index in [1.54, 1.807) is 30.3 Å². The standard InChI is InChI=1S/C15H24N2O9/c18-6-8(19)9(20)10(21)11(22)12(23)13(24)14(25)15(26)17-16-7-4-2-1-3-5-7/h1-5,8-14,16,18-25H,6H2,(H,17,26)/t8-,9-,10-,11-,12-,13-,14+/m1/s1. The lowest BCUT2D eigenvalue weighted by atomic mass is 9.94. The van der Waals surface area contributed by atoms with Crippen molar-refractivity contribution in [3.05, 3.63) is 30.3 Å².